The van der Waals surface area contributed by atoms with E-state index in [1.54, 1.807) is 24.3 Å². The van der Waals surface area contributed by atoms with Crippen LogP contribution in [0, 0.1) is 20.2 Å². The van der Waals surface area contributed by atoms with Gasteiger partial charge in [0.2, 0.25) is 6.79 Å². The summed E-state index contributed by atoms with van der Waals surface area (Å²) in [7, 11) is -9.05. The summed E-state index contributed by atoms with van der Waals surface area (Å²) in [5, 5.41) is 21.8. The number of nitro benzene ring substituents is 2. The minimum atomic E-state index is -4.52. The number of nitrogen functional groups attached to an aromatic ring is 2. The zero-order valence-electron chi connectivity index (χ0n) is 32.5. The summed E-state index contributed by atoms with van der Waals surface area (Å²) in [5.74, 6) is 1.24. The van der Waals surface area contributed by atoms with Crippen molar-refractivity contribution >= 4 is 99.1 Å². The third-order valence-electron chi connectivity index (χ3n) is 8.84. The summed E-state index contributed by atoms with van der Waals surface area (Å²) in [6.07, 6.45) is 5.72. The van der Waals surface area contributed by atoms with Gasteiger partial charge in [0.05, 0.1) is 31.1 Å². The van der Waals surface area contributed by atoms with Crippen LogP contribution in [0.4, 0.5) is 22.7 Å². The summed E-state index contributed by atoms with van der Waals surface area (Å²) in [5.41, 5.74) is 14.4. The quantitative estimate of drug-likeness (QED) is 0.0235. The molecule has 0 unspecified atom stereocenters. The van der Waals surface area contributed by atoms with Gasteiger partial charge in [0.25, 0.3) is 31.6 Å². The Morgan fingerprint density at radius 2 is 1.03 bits per heavy atom. The van der Waals surface area contributed by atoms with Gasteiger partial charge >= 0.3 is 0 Å². The van der Waals surface area contributed by atoms with E-state index in [1.165, 1.54) is 65.8 Å². The molecule has 0 fully saturated rings. The third-order valence-corrected chi connectivity index (χ3v) is 13.5. The number of ether oxygens (including phenoxy) is 2. The molecule has 0 saturated heterocycles. The molecule has 1 aliphatic heterocycles. The molecule has 0 saturated carbocycles. The maximum atomic E-state index is 11.4. The van der Waals surface area contributed by atoms with Crippen LogP contribution >= 0.6 is 31.9 Å². The van der Waals surface area contributed by atoms with Crippen LogP contribution in [0.2, 0.25) is 0 Å². The van der Waals surface area contributed by atoms with Crippen LogP contribution in [0.1, 0.15) is 43.0 Å². The highest BCUT2D eigenvalue weighted by molar-refractivity contribution is 9.12. The van der Waals surface area contributed by atoms with Crippen molar-refractivity contribution in [3.05, 3.63) is 187 Å². The summed E-state index contributed by atoms with van der Waals surface area (Å²) < 4.78 is 74.6. The molecule has 0 spiro atoms. The summed E-state index contributed by atoms with van der Waals surface area (Å²) in [6, 6.07) is 37.3. The molecule has 6 N–H and O–H groups in total. The Morgan fingerprint density at radius 3 is 1.49 bits per heavy atom. The fraction of sp³-hybridized carbons (Fsp3) is 0.0698. The van der Waals surface area contributed by atoms with Crippen LogP contribution in [0.5, 0.6) is 11.5 Å². The molecule has 6 aromatic carbocycles. The maximum Gasteiger partial charge on any atom is 0.295 e. The molecule has 0 radical (unpaired) electrons. The number of hydrogen-bond acceptors (Lipinski definition) is 12. The second kappa shape index (κ2) is 21.1. The maximum absolute atomic E-state index is 11.4. The lowest BCUT2D eigenvalue weighted by Crippen LogP contribution is -2.03. The van der Waals surface area contributed by atoms with Gasteiger partial charge in [-0.15, -0.1) is 0 Å². The zero-order chi connectivity index (χ0) is 45.9. The van der Waals surface area contributed by atoms with E-state index in [0.29, 0.717) is 11.5 Å². The fourth-order valence-electron chi connectivity index (χ4n) is 5.76. The number of rotatable bonds is 11. The fourth-order valence-corrected chi connectivity index (χ4v) is 8.42. The van der Waals surface area contributed by atoms with E-state index in [9.17, 15) is 46.2 Å². The monoisotopic (exact) mass is 1020 g/mol. The topological polar surface area (TPSA) is 266 Å². The molecule has 0 aliphatic carbocycles. The lowest BCUT2D eigenvalue weighted by Gasteiger charge is -2.17. The van der Waals surface area contributed by atoms with Gasteiger partial charge < -0.3 is 20.9 Å². The summed E-state index contributed by atoms with van der Waals surface area (Å²) in [4.78, 5) is 20.2. The molecule has 326 valence electrons. The first kappa shape index (κ1) is 47.6. The number of nitro groups is 2. The second-order valence-corrected chi connectivity index (χ2v) is 18.0. The van der Waals surface area contributed by atoms with Crippen LogP contribution in [-0.4, -0.2) is 42.6 Å². The molecule has 2 atom stereocenters. The first-order valence-corrected chi connectivity index (χ1v) is 22.8. The van der Waals surface area contributed by atoms with Crippen molar-refractivity contribution in [2.75, 3.05) is 18.3 Å². The summed E-state index contributed by atoms with van der Waals surface area (Å²) >= 11 is 7.48. The molecule has 0 aromatic heterocycles. The highest BCUT2D eigenvalue weighted by atomic mass is 79.9. The molecule has 16 nitrogen and oxygen atoms in total. The number of nitrogens with zero attached hydrogens (tertiary/aromatic N) is 2. The smallest absolute Gasteiger partial charge is 0.295 e. The van der Waals surface area contributed by atoms with E-state index in [4.69, 9.17) is 20.9 Å². The highest BCUT2D eigenvalue weighted by Gasteiger charge is 2.21. The van der Waals surface area contributed by atoms with Crippen LogP contribution < -0.4 is 20.9 Å². The number of non-ortho nitro benzene ring substituents is 1. The largest absolute Gasteiger partial charge is 0.454 e. The van der Waals surface area contributed by atoms with Gasteiger partial charge in [-0.05, 0) is 76.4 Å². The number of benzene rings is 6. The Morgan fingerprint density at radius 1 is 0.571 bits per heavy atom. The van der Waals surface area contributed by atoms with Crippen molar-refractivity contribution in [2.45, 2.75) is 19.4 Å². The second-order valence-electron chi connectivity index (χ2n) is 13.2. The van der Waals surface area contributed by atoms with Crippen molar-refractivity contribution in [2.24, 2.45) is 0 Å². The third kappa shape index (κ3) is 13.3. The highest BCUT2D eigenvalue weighted by Crippen LogP contribution is 2.42. The van der Waals surface area contributed by atoms with Crippen LogP contribution in [-0.2, 0) is 20.2 Å². The van der Waals surface area contributed by atoms with Crippen LogP contribution in [0.25, 0.3) is 24.3 Å². The minimum absolute atomic E-state index is 0.0878. The van der Waals surface area contributed by atoms with E-state index >= 15 is 0 Å². The molecule has 1 heterocycles. The van der Waals surface area contributed by atoms with Crippen LogP contribution in [0.15, 0.2) is 143 Å². The number of anilines is 2. The average Bonchev–Trinajstić information content (AvgIpc) is 3.73. The van der Waals surface area contributed by atoms with E-state index in [2.05, 4.69) is 80.4 Å². The lowest BCUT2D eigenvalue weighted by atomic mass is 10.0. The normalized spacial score (nSPS) is 13.0. The van der Waals surface area contributed by atoms with Crippen molar-refractivity contribution in [1.82, 2.24) is 0 Å². The molecule has 0 bridgehead atoms. The van der Waals surface area contributed by atoms with Crippen LogP contribution in [0.3, 0.4) is 0 Å². The van der Waals surface area contributed by atoms with Crippen molar-refractivity contribution in [3.8, 4) is 11.5 Å². The van der Waals surface area contributed by atoms with E-state index in [0.717, 1.165) is 23.8 Å². The SMILES string of the molecule is Br[C@H](c1ccccc1)[C@@H](Br)c1ccccc1.Nc1ccc(/C=C/c2ccc(N)cc2S(=O)(=O)O)c(S(=O)(=O)O)c1.O=[N+]([O-])c1ccc(/C=C/c2ccc3c(c2)OCO3)c([N+](=O)[O-])c1. The molecule has 7 rings (SSSR count). The first-order valence-electron chi connectivity index (χ1n) is 18.1. The van der Waals surface area contributed by atoms with Gasteiger partial charge in [-0.3, -0.25) is 29.3 Å². The lowest BCUT2D eigenvalue weighted by molar-refractivity contribution is -0.394. The Bertz CT molecular complexity index is 2780. The Labute approximate surface area is 378 Å². The van der Waals surface area contributed by atoms with E-state index in [1.807, 2.05) is 12.1 Å². The Hall–Kier alpha value is -6.42. The minimum Gasteiger partial charge on any atom is -0.454 e. The predicted molar refractivity (Wildman–Crippen MR) is 248 cm³/mol. The molecular formula is C43H36Br2N4O12S2. The van der Waals surface area contributed by atoms with E-state index < -0.39 is 39.9 Å². The molecule has 0 amide bonds. The van der Waals surface area contributed by atoms with Gasteiger partial charge in [-0.1, -0.05) is 129 Å². The average molecular weight is 1020 g/mol. The predicted octanol–water partition coefficient (Wildman–Crippen LogP) is 10.2. The Kier molecular flexibility index (Phi) is 16.0. The van der Waals surface area contributed by atoms with Crippen molar-refractivity contribution in [3.63, 3.8) is 0 Å². The number of halogens is 2. The van der Waals surface area contributed by atoms with Crippen molar-refractivity contribution in [1.29, 1.82) is 0 Å². The number of fused-ring (bicyclic) bond motifs is 1. The Balaban J connectivity index is 0.000000182. The number of hydrogen-bond donors (Lipinski definition) is 4. The molecule has 1 aliphatic rings. The van der Waals surface area contributed by atoms with Gasteiger partial charge in [0.1, 0.15) is 9.79 Å². The zero-order valence-corrected chi connectivity index (χ0v) is 37.3. The van der Waals surface area contributed by atoms with Gasteiger partial charge in [-0.2, -0.15) is 16.8 Å². The van der Waals surface area contributed by atoms with Gasteiger partial charge in [-0.25, -0.2) is 0 Å². The molecule has 6 aromatic rings. The van der Waals surface area contributed by atoms with Gasteiger partial charge in [0.15, 0.2) is 11.5 Å². The first-order chi connectivity index (χ1) is 29.8. The van der Waals surface area contributed by atoms with Gasteiger partial charge in [0, 0.05) is 17.4 Å². The van der Waals surface area contributed by atoms with Crippen molar-refractivity contribution < 1.29 is 45.3 Å². The standard InChI is InChI=1S/C15H10N2O6.C14H12Br2.C14H14N2O6S2/c18-16(19)12-5-4-11(13(8-12)17(20)21)3-1-10-2-6-14-15(7-10)23-9-22-14;15-13(11-7-3-1-4-8-11)14(16)12-9-5-2-6-10-12;15-11-5-3-9(13(7-11)23(17,18)19)1-2-10-4-6-12(16)8-14(10)24(20,21)22/h1-8H,9H2;1-10,13-14H;1-8H,15-16H2,(H,17,18,19)(H,20,21,22)/b3-1+;;2-1+/t;13-,14+;. The molecule has 20 heteroatoms. The van der Waals surface area contributed by atoms with E-state index in [-0.39, 0.29) is 55.9 Å². The number of nitrogens with two attached hydrogens (primary N) is 2. The summed E-state index contributed by atoms with van der Waals surface area (Å²) in [6.45, 7) is 0.163. The number of alkyl halides is 2. The molecule has 63 heavy (non-hydrogen) atoms. The molecular weight excluding hydrogens is 988 g/mol.